The van der Waals surface area contributed by atoms with Crippen LogP contribution in [-0.4, -0.2) is 19.4 Å². The minimum Gasteiger partial charge on any atom is -0.353 e. The molecule has 0 aliphatic carbocycles. The van der Waals surface area contributed by atoms with Crippen LogP contribution in [0.4, 0.5) is 24.5 Å². The summed E-state index contributed by atoms with van der Waals surface area (Å²) in [5.41, 5.74) is 2.49. The van der Waals surface area contributed by atoms with Crippen LogP contribution in [-0.2, 0) is 16.6 Å². The Morgan fingerprint density at radius 3 is 2.38 bits per heavy atom. The largest absolute Gasteiger partial charge is 0.353 e. The van der Waals surface area contributed by atoms with Gasteiger partial charge >= 0.3 is 0 Å². The molecule has 0 bridgehead atoms. The van der Waals surface area contributed by atoms with E-state index in [1.54, 1.807) is 44.3 Å². The van der Waals surface area contributed by atoms with Gasteiger partial charge in [0.15, 0.2) is 11.6 Å². The van der Waals surface area contributed by atoms with Crippen LogP contribution in [0.1, 0.15) is 11.1 Å². The highest BCUT2D eigenvalue weighted by Crippen LogP contribution is 2.30. The zero-order chi connectivity index (χ0) is 23.0. The Morgan fingerprint density at radius 2 is 1.69 bits per heavy atom. The number of nitrogens with one attached hydrogen (secondary N) is 2. The number of rotatable bonds is 6. The van der Waals surface area contributed by atoms with E-state index in [-0.39, 0.29) is 10.6 Å². The monoisotopic (exact) mass is 459 g/mol. The van der Waals surface area contributed by atoms with Crippen LogP contribution in [0.2, 0.25) is 0 Å². The molecule has 9 heteroatoms. The lowest BCUT2D eigenvalue weighted by molar-refractivity contribution is 0.504. The first-order valence-corrected chi connectivity index (χ1v) is 11.2. The molecule has 0 radical (unpaired) electrons. The summed E-state index contributed by atoms with van der Waals surface area (Å²) < 4.78 is 68.9. The minimum atomic E-state index is -4.23. The van der Waals surface area contributed by atoms with Gasteiger partial charge in [-0.3, -0.25) is 0 Å². The molecule has 0 atom stereocenters. The van der Waals surface area contributed by atoms with E-state index in [1.165, 1.54) is 12.3 Å². The molecular formula is C23H20F3N3O2S. The van der Waals surface area contributed by atoms with Gasteiger partial charge < -0.3 is 10.6 Å². The van der Waals surface area contributed by atoms with Crippen LogP contribution in [0.5, 0.6) is 0 Å². The molecule has 4 aromatic rings. The quantitative estimate of drug-likeness (QED) is 0.423. The zero-order valence-electron chi connectivity index (χ0n) is 17.3. The first kappa shape index (κ1) is 21.9. The summed E-state index contributed by atoms with van der Waals surface area (Å²) in [4.78, 5) is -0.382. The van der Waals surface area contributed by atoms with Crippen LogP contribution in [0.25, 0.3) is 10.9 Å². The Hall–Kier alpha value is -3.30. The molecule has 4 rings (SSSR count). The van der Waals surface area contributed by atoms with Gasteiger partial charge in [-0.15, -0.1) is 0 Å². The van der Waals surface area contributed by atoms with Crippen molar-refractivity contribution in [1.82, 2.24) is 9.29 Å². The summed E-state index contributed by atoms with van der Waals surface area (Å²) in [5.74, 6) is -2.83. The molecular weight excluding hydrogens is 439 g/mol. The third kappa shape index (κ3) is 3.96. The predicted molar refractivity (Wildman–Crippen MR) is 118 cm³/mol. The van der Waals surface area contributed by atoms with Gasteiger partial charge in [0.05, 0.1) is 16.1 Å². The molecule has 166 valence electrons. The summed E-state index contributed by atoms with van der Waals surface area (Å²) >= 11 is 0. The zero-order valence-corrected chi connectivity index (χ0v) is 18.1. The average molecular weight is 459 g/mol. The number of halogens is 3. The molecule has 32 heavy (non-hydrogen) atoms. The minimum absolute atomic E-state index is 0.243. The summed E-state index contributed by atoms with van der Waals surface area (Å²) in [6, 6.07) is 12.2. The van der Waals surface area contributed by atoms with Gasteiger partial charge in [-0.25, -0.2) is 25.6 Å². The van der Waals surface area contributed by atoms with Crippen molar-refractivity contribution < 1.29 is 21.6 Å². The van der Waals surface area contributed by atoms with Crippen LogP contribution < -0.4 is 10.6 Å². The second kappa shape index (κ2) is 8.33. The molecule has 5 nitrogen and oxygen atoms in total. The Morgan fingerprint density at radius 1 is 0.906 bits per heavy atom. The van der Waals surface area contributed by atoms with Crippen LogP contribution in [0, 0.1) is 24.4 Å². The highest BCUT2D eigenvalue weighted by Gasteiger charge is 2.23. The molecule has 0 saturated heterocycles. The van der Waals surface area contributed by atoms with Crippen molar-refractivity contribution in [2.75, 3.05) is 12.4 Å². The maximum Gasteiger partial charge on any atom is 0.268 e. The van der Waals surface area contributed by atoms with E-state index in [0.717, 1.165) is 21.7 Å². The Bertz CT molecular complexity index is 1430. The second-order valence-corrected chi connectivity index (χ2v) is 9.22. The summed E-state index contributed by atoms with van der Waals surface area (Å²) in [5, 5.41) is 6.59. The van der Waals surface area contributed by atoms with Gasteiger partial charge in [-0.05, 0) is 67.6 Å². The van der Waals surface area contributed by atoms with Gasteiger partial charge in [0.1, 0.15) is 5.82 Å². The van der Waals surface area contributed by atoms with E-state index in [0.29, 0.717) is 34.8 Å². The number of aromatic nitrogens is 1. The Labute approximate surface area is 183 Å². The van der Waals surface area contributed by atoms with Crippen molar-refractivity contribution in [2.45, 2.75) is 18.4 Å². The van der Waals surface area contributed by atoms with Crippen molar-refractivity contribution in [3.63, 3.8) is 0 Å². The number of hydrogen-bond donors (Lipinski definition) is 2. The first-order valence-electron chi connectivity index (χ1n) is 9.73. The van der Waals surface area contributed by atoms with Gasteiger partial charge in [-0.1, -0.05) is 12.1 Å². The number of fused-ring (bicyclic) bond motifs is 1. The first-order chi connectivity index (χ1) is 15.2. The van der Waals surface area contributed by atoms with Crippen molar-refractivity contribution in [3.8, 4) is 0 Å². The lowest BCUT2D eigenvalue weighted by atomic mass is 10.1. The number of hydrogen-bond acceptors (Lipinski definition) is 4. The van der Waals surface area contributed by atoms with Crippen LogP contribution in [0.3, 0.4) is 0 Å². The van der Waals surface area contributed by atoms with E-state index in [9.17, 15) is 21.6 Å². The number of anilines is 2. The number of benzene rings is 3. The predicted octanol–water partition coefficient (Wildman–Crippen LogP) is 5.07. The maximum atomic E-state index is 14.3. The molecule has 0 aliphatic heterocycles. The highest BCUT2D eigenvalue weighted by atomic mass is 32.2. The molecule has 0 aliphatic rings. The van der Waals surface area contributed by atoms with E-state index < -0.39 is 27.5 Å². The standard InChI is InChI=1S/C23H20F3N3O2S/c1-14-3-8-22(21(26)9-14)28-16-4-6-18-15(12-27-2)13-29(23(18)10-16)32(30,31)17-5-7-19(24)20(25)11-17/h3-11,13,27-28H,12H2,1-2H3. The Balaban J connectivity index is 1.85. The van der Waals surface area contributed by atoms with E-state index in [4.69, 9.17) is 0 Å². The molecule has 3 aromatic carbocycles. The lowest BCUT2D eigenvalue weighted by Gasteiger charge is -2.11. The third-order valence-corrected chi connectivity index (χ3v) is 6.74. The van der Waals surface area contributed by atoms with E-state index >= 15 is 0 Å². The molecule has 0 spiro atoms. The highest BCUT2D eigenvalue weighted by molar-refractivity contribution is 7.90. The summed E-state index contributed by atoms with van der Waals surface area (Å²) in [6.45, 7) is 2.16. The van der Waals surface area contributed by atoms with Crippen molar-refractivity contribution in [2.24, 2.45) is 0 Å². The second-order valence-electron chi connectivity index (χ2n) is 7.40. The average Bonchev–Trinajstić information content (AvgIpc) is 3.11. The third-order valence-electron chi connectivity index (χ3n) is 5.07. The molecule has 0 fully saturated rings. The topological polar surface area (TPSA) is 63.1 Å². The summed E-state index contributed by atoms with van der Waals surface area (Å²) in [7, 11) is -2.50. The fourth-order valence-electron chi connectivity index (χ4n) is 3.50. The fourth-order valence-corrected chi connectivity index (χ4v) is 4.90. The normalized spacial score (nSPS) is 11.8. The lowest BCUT2D eigenvalue weighted by Crippen LogP contribution is -2.13. The SMILES string of the molecule is CNCc1cn(S(=O)(=O)c2ccc(F)c(F)c2)c2cc(Nc3ccc(C)cc3F)ccc12. The smallest absolute Gasteiger partial charge is 0.268 e. The van der Waals surface area contributed by atoms with Gasteiger partial charge in [0.25, 0.3) is 10.0 Å². The van der Waals surface area contributed by atoms with Gasteiger partial charge in [0.2, 0.25) is 0 Å². The van der Waals surface area contributed by atoms with Crippen molar-refractivity contribution >= 4 is 32.3 Å². The molecule has 1 aromatic heterocycles. The van der Waals surface area contributed by atoms with Crippen molar-refractivity contribution in [1.29, 1.82) is 0 Å². The molecule has 0 unspecified atom stereocenters. The van der Waals surface area contributed by atoms with Gasteiger partial charge in [-0.2, -0.15) is 0 Å². The van der Waals surface area contributed by atoms with Crippen molar-refractivity contribution in [3.05, 3.63) is 89.4 Å². The van der Waals surface area contributed by atoms with E-state index in [1.807, 2.05) is 0 Å². The fraction of sp³-hybridized carbons (Fsp3) is 0.130. The molecule has 0 amide bonds. The van der Waals surface area contributed by atoms with Gasteiger partial charge in [0, 0.05) is 23.8 Å². The molecule has 1 heterocycles. The Kier molecular flexibility index (Phi) is 5.70. The number of aryl methyl sites for hydroxylation is 1. The van der Waals surface area contributed by atoms with E-state index in [2.05, 4.69) is 10.6 Å². The molecule has 2 N–H and O–H groups in total. The maximum absolute atomic E-state index is 14.3. The number of nitrogens with zero attached hydrogens (tertiary/aromatic N) is 1. The molecule has 0 saturated carbocycles. The van der Waals surface area contributed by atoms with Crippen LogP contribution in [0.15, 0.2) is 65.7 Å². The summed E-state index contributed by atoms with van der Waals surface area (Å²) in [6.07, 6.45) is 1.44. The van der Waals surface area contributed by atoms with Crippen LogP contribution >= 0.6 is 0 Å².